The third kappa shape index (κ3) is 3.60. The Morgan fingerprint density at radius 3 is 2.43 bits per heavy atom. The lowest BCUT2D eigenvalue weighted by Gasteiger charge is -2.26. The molecule has 1 aromatic heterocycles. The number of allylic oxidation sites excluding steroid dienone is 1. The second-order valence-electron chi connectivity index (χ2n) is 6.84. The van der Waals surface area contributed by atoms with Gasteiger partial charge in [0.1, 0.15) is 6.67 Å². The van der Waals surface area contributed by atoms with Crippen LogP contribution in [0.15, 0.2) is 58.3 Å². The van der Waals surface area contributed by atoms with Crippen LogP contribution in [0.4, 0.5) is 5.69 Å². The number of anilines is 1. The monoisotopic (exact) mass is 401 g/mol. The number of ether oxygens (including phenoxy) is 1. The zero-order valence-electron chi connectivity index (χ0n) is 15.9. The Morgan fingerprint density at radius 2 is 1.82 bits per heavy atom. The van der Waals surface area contributed by atoms with E-state index in [2.05, 4.69) is 5.10 Å². The van der Waals surface area contributed by atoms with Gasteiger partial charge in [0.05, 0.1) is 35.7 Å². The summed E-state index contributed by atoms with van der Waals surface area (Å²) in [6, 6.07) is 6.96. The quantitative estimate of drug-likeness (QED) is 0.778. The molecule has 8 nitrogen and oxygen atoms in total. The van der Waals surface area contributed by atoms with Crippen molar-refractivity contribution in [2.75, 3.05) is 37.9 Å². The van der Waals surface area contributed by atoms with E-state index >= 15 is 0 Å². The molecule has 148 valence electrons. The van der Waals surface area contributed by atoms with E-state index in [1.807, 2.05) is 43.4 Å². The van der Waals surface area contributed by atoms with Crippen molar-refractivity contribution in [3.8, 4) is 0 Å². The largest absolute Gasteiger partial charge is 0.379 e. The van der Waals surface area contributed by atoms with Crippen LogP contribution in [-0.4, -0.2) is 61.2 Å². The van der Waals surface area contributed by atoms with Gasteiger partial charge in [-0.3, -0.25) is 9.67 Å². The summed E-state index contributed by atoms with van der Waals surface area (Å²) in [7, 11) is -1.60. The molecule has 0 atom stereocenters. The predicted octanol–water partition coefficient (Wildman–Crippen LogP) is 1.61. The fourth-order valence-corrected chi connectivity index (χ4v) is 4.77. The van der Waals surface area contributed by atoms with E-state index in [1.54, 1.807) is 23.0 Å². The van der Waals surface area contributed by atoms with E-state index in [0.29, 0.717) is 37.9 Å². The van der Waals surface area contributed by atoms with Gasteiger partial charge in [-0.2, -0.15) is 9.40 Å². The van der Waals surface area contributed by atoms with Crippen LogP contribution >= 0.6 is 0 Å². The SMILES string of the molecule is CC1=CN(c2cnn(C)c2)CN=C1c1ccc(S(=O)(=O)N2CCOCC2)cc1. The number of aryl methyl sites for hydroxylation is 1. The number of morpholine rings is 1. The molecule has 0 spiro atoms. The van der Waals surface area contributed by atoms with Crippen molar-refractivity contribution in [1.29, 1.82) is 0 Å². The van der Waals surface area contributed by atoms with E-state index in [-0.39, 0.29) is 0 Å². The van der Waals surface area contributed by atoms with Crippen molar-refractivity contribution >= 4 is 21.4 Å². The van der Waals surface area contributed by atoms with Crippen LogP contribution < -0.4 is 4.90 Å². The summed E-state index contributed by atoms with van der Waals surface area (Å²) in [5.41, 5.74) is 3.77. The first-order chi connectivity index (χ1) is 13.4. The first-order valence-corrected chi connectivity index (χ1v) is 10.6. The highest BCUT2D eigenvalue weighted by atomic mass is 32.2. The third-order valence-electron chi connectivity index (χ3n) is 4.86. The van der Waals surface area contributed by atoms with E-state index in [4.69, 9.17) is 9.73 Å². The molecule has 2 aliphatic heterocycles. The maximum Gasteiger partial charge on any atom is 0.243 e. The lowest BCUT2D eigenvalue weighted by molar-refractivity contribution is 0.0730. The summed E-state index contributed by atoms with van der Waals surface area (Å²) >= 11 is 0. The van der Waals surface area contributed by atoms with Gasteiger partial charge in [0, 0.05) is 38.1 Å². The fourth-order valence-electron chi connectivity index (χ4n) is 3.36. The molecular formula is C19H23N5O3S. The van der Waals surface area contributed by atoms with Crippen molar-refractivity contribution in [3.63, 3.8) is 0 Å². The molecule has 4 rings (SSSR count). The standard InChI is InChI=1S/C19H23N5O3S/c1-15-12-23(17-11-21-22(2)13-17)14-20-19(15)16-3-5-18(6-4-16)28(25,26)24-7-9-27-10-8-24/h3-6,11-13H,7-10,14H2,1-2H3. The summed E-state index contributed by atoms with van der Waals surface area (Å²) in [6.07, 6.45) is 5.78. The maximum absolute atomic E-state index is 12.8. The van der Waals surface area contributed by atoms with Crippen molar-refractivity contribution in [2.45, 2.75) is 11.8 Å². The zero-order valence-corrected chi connectivity index (χ0v) is 16.8. The highest BCUT2D eigenvalue weighted by Gasteiger charge is 2.26. The molecule has 2 aliphatic rings. The van der Waals surface area contributed by atoms with Crippen LogP contribution in [-0.2, 0) is 21.8 Å². The minimum absolute atomic E-state index is 0.299. The zero-order chi connectivity index (χ0) is 19.7. The van der Waals surface area contributed by atoms with Gasteiger partial charge in [-0.25, -0.2) is 8.42 Å². The second-order valence-corrected chi connectivity index (χ2v) is 8.78. The van der Waals surface area contributed by atoms with Gasteiger partial charge in [-0.05, 0) is 24.6 Å². The number of aliphatic imine (C=N–C) groups is 1. The van der Waals surface area contributed by atoms with Crippen LogP contribution in [0.5, 0.6) is 0 Å². The van der Waals surface area contributed by atoms with Crippen LogP contribution in [0.25, 0.3) is 0 Å². The molecule has 28 heavy (non-hydrogen) atoms. The maximum atomic E-state index is 12.8. The Kier molecular flexibility index (Phi) is 5.05. The first-order valence-electron chi connectivity index (χ1n) is 9.12. The molecule has 0 N–H and O–H groups in total. The molecule has 0 bridgehead atoms. The molecule has 0 unspecified atom stereocenters. The van der Waals surface area contributed by atoms with Crippen LogP contribution in [0.2, 0.25) is 0 Å². The molecule has 0 saturated carbocycles. The summed E-state index contributed by atoms with van der Waals surface area (Å²) in [5.74, 6) is 0. The van der Waals surface area contributed by atoms with Gasteiger partial charge in [0.2, 0.25) is 10.0 Å². The minimum atomic E-state index is -3.48. The van der Waals surface area contributed by atoms with Crippen molar-refractivity contribution in [3.05, 3.63) is 54.0 Å². The Balaban J connectivity index is 1.53. The van der Waals surface area contributed by atoms with E-state index in [0.717, 1.165) is 22.5 Å². The molecule has 0 aliphatic carbocycles. The van der Waals surface area contributed by atoms with Gasteiger partial charge >= 0.3 is 0 Å². The number of benzene rings is 1. The molecule has 1 saturated heterocycles. The molecule has 3 heterocycles. The van der Waals surface area contributed by atoms with Crippen LogP contribution in [0.3, 0.4) is 0 Å². The topological polar surface area (TPSA) is 80.0 Å². The molecule has 1 aromatic carbocycles. The predicted molar refractivity (Wildman–Crippen MR) is 107 cm³/mol. The van der Waals surface area contributed by atoms with Gasteiger partial charge in [0.15, 0.2) is 0 Å². The number of hydrogen-bond acceptors (Lipinski definition) is 6. The van der Waals surface area contributed by atoms with Crippen molar-refractivity contribution < 1.29 is 13.2 Å². The van der Waals surface area contributed by atoms with Crippen molar-refractivity contribution in [2.24, 2.45) is 12.0 Å². The molecule has 0 amide bonds. The smallest absolute Gasteiger partial charge is 0.243 e. The van der Waals surface area contributed by atoms with Crippen LogP contribution in [0.1, 0.15) is 12.5 Å². The summed E-state index contributed by atoms with van der Waals surface area (Å²) in [6.45, 7) is 4.15. The van der Waals surface area contributed by atoms with Crippen molar-refractivity contribution in [1.82, 2.24) is 14.1 Å². The normalized spacial score (nSPS) is 18.7. The lowest BCUT2D eigenvalue weighted by Crippen LogP contribution is -2.40. The number of nitrogens with zero attached hydrogens (tertiary/aromatic N) is 5. The number of hydrogen-bond donors (Lipinski definition) is 0. The summed E-state index contributed by atoms with van der Waals surface area (Å²) in [4.78, 5) is 7.02. The fraction of sp³-hybridized carbons (Fsp3) is 0.368. The van der Waals surface area contributed by atoms with Gasteiger partial charge in [-0.15, -0.1) is 0 Å². The van der Waals surface area contributed by atoms with Crippen LogP contribution in [0, 0.1) is 0 Å². The molecule has 2 aromatic rings. The number of rotatable bonds is 4. The van der Waals surface area contributed by atoms with Gasteiger partial charge in [0.25, 0.3) is 0 Å². The lowest BCUT2D eigenvalue weighted by atomic mass is 10.0. The summed E-state index contributed by atoms with van der Waals surface area (Å²) < 4.78 is 34.0. The Bertz CT molecular complexity index is 1020. The second kappa shape index (κ2) is 7.50. The average Bonchev–Trinajstić information content (AvgIpc) is 3.15. The number of aromatic nitrogens is 2. The molecule has 1 fully saturated rings. The van der Waals surface area contributed by atoms with E-state index in [9.17, 15) is 8.42 Å². The van der Waals surface area contributed by atoms with Gasteiger partial charge < -0.3 is 9.64 Å². The van der Waals surface area contributed by atoms with E-state index in [1.165, 1.54) is 4.31 Å². The Hall–Kier alpha value is -2.49. The highest BCUT2D eigenvalue weighted by Crippen LogP contribution is 2.23. The molecule has 9 heteroatoms. The minimum Gasteiger partial charge on any atom is -0.379 e. The molecule has 0 radical (unpaired) electrons. The van der Waals surface area contributed by atoms with Gasteiger partial charge in [-0.1, -0.05) is 12.1 Å². The number of sulfonamides is 1. The Labute approximate surface area is 164 Å². The third-order valence-corrected chi connectivity index (χ3v) is 6.78. The average molecular weight is 401 g/mol. The summed E-state index contributed by atoms with van der Waals surface area (Å²) in [5, 5.41) is 4.19. The Morgan fingerprint density at radius 1 is 1.11 bits per heavy atom. The molecular weight excluding hydrogens is 378 g/mol. The highest BCUT2D eigenvalue weighted by molar-refractivity contribution is 7.89. The first kappa shape index (κ1) is 18.9. The van der Waals surface area contributed by atoms with E-state index < -0.39 is 10.0 Å².